The number of anilines is 1. The van der Waals surface area contributed by atoms with Gasteiger partial charge in [0.25, 0.3) is 5.91 Å². The van der Waals surface area contributed by atoms with Crippen molar-refractivity contribution in [1.82, 2.24) is 9.55 Å². The van der Waals surface area contributed by atoms with Gasteiger partial charge in [0.2, 0.25) is 0 Å². The third-order valence-corrected chi connectivity index (χ3v) is 10.3. The number of hydrogen-bond donors (Lipinski definition) is 1. The van der Waals surface area contributed by atoms with Crippen molar-refractivity contribution in [2.75, 3.05) is 38.2 Å². The molecule has 1 amide bonds. The van der Waals surface area contributed by atoms with E-state index >= 15 is 0 Å². The second-order valence-electron chi connectivity index (χ2n) is 13.2. The SMILES string of the molecule is CCCCOCCOc1ccc(C2=CC=C(C(=O)Nc3ccc(SCc4nccn4CCC)cc3)CCC[N+]2(CCC)Cc2ccccc2)cc1. The van der Waals surface area contributed by atoms with Gasteiger partial charge >= 0.3 is 0 Å². The van der Waals surface area contributed by atoms with Crippen molar-refractivity contribution in [2.45, 2.75) is 83.0 Å². The molecule has 1 aliphatic rings. The van der Waals surface area contributed by atoms with Crippen LogP contribution in [0, 0.1) is 0 Å². The maximum atomic E-state index is 13.7. The number of nitrogens with one attached hydrogen (secondary N) is 1. The molecule has 2 heterocycles. The summed E-state index contributed by atoms with van der Waals surface area (Å²) in [7, 11) is 0. The van der Waals surface area contributed by atoms with Crippen molar-refractivity contribution < 1.29 is 18.8 Å². The number of quaternary nitrogens is 1. The summed E-state index contributed by atoms with van der Waals surface area (Å²) >= 11 is 1.76. The fourth-order valence-electron chi connectivity index (χ4n) is 6.72. The molecule has 0 bridgehead atoms. The molecule has 4 aromatic rings. The van der Waals surface area contributed by atoms with Crippen molar-refractivity contribution in [2.24, 2.45) is 0 Å². The Labute approximate surface area is 309 Å². The minimum absolute atomic E-state index is 0.0453. The Morgan fingerprint density at radius 2 is 1.71 bits per heavy atom. The molecule has 7 nitrogen and oxygen atoms in total. The van der Waals surface area contributed by atoms with Crippen molar-refractivity contribution >= 4 is 29.1 Å². The van der Waals surface area contributed by atoms with Crippen molar-refractivity contribution in [3.05, 3.63) is 126 Å². The molecule has 0 saturated carbocycles. The number of ether oxygens (including phenoxy) is 2. The van der Waals surface area contributed by atoms with Crippen molar-refractivity contribution in [3.63, 3.8) is 0 Å². The Bertz CT molecular complexity index is 1700. The summed E-state index contributed by atoms with van der Waals surface area (Å²) in [4.78, 5) is 19.4. The van der Waals surface area contributed by atoms with Gasteiger partial charge in [0.05, 0.1) is 25.4 Å². The first-order chi connectivity index (χ1) is 25.0. The van der Waals surface area contributed by atoms with E-state index in [0.29, 0.717) is 13.2 Å². The van der Waals surface area contributed by atoms with Gasteiger partial charge in [-0.3, -0.25) is 9.28 Å². The van der Waals surface area contributed by atoms with E-state index in [4.69, 9.17) is 9.47 Å². The lowest BCUT2D eigenvalue weighted by Crippen LogP contribution is -2.47. The summed E-state index contributed by atoms with van der Waals surface area (Å²) in [6, 6.07) is 27.4. The second kappa shape index (κ2) is 20.1. The second-order valence-corrected chi connectivity index (χ2v) is 14.3. The monoisotopic (exact) mass is 707 g/mol. The number of allylic oxidation sites excluding steroid dienone is 2. The van der Waals surface area contributed by atoms with Crippen LogP contribution < -0.4 is 10.1 Å². The molecule has 1 N–H and O–H groups in total. The average molecular weight is 708 g/mol. The Hall–Kier alpha value is -4.11. The lowest BCUT2D eigenvalue weighted by molar-refractivity contribution is -0.873. The van der Waals surface area contributed by atoms with Gasteiger partial charge < -0.3 is 19.4 Å². The minimum Gasteiger partial charge on any atom is -0.491 e. The van der Waals surface area contributed by atoms with Crippen LogP contribution in [0.15, 0.2) is 114 Å². The number of imidazole rings is 1. The fraction of sp³-hybridized carbons (Fsp3) is 0.395. The van der Waals surface area contributed by atoms with Crippen LogP contribution in [0.1, 0.15) is 76.2 Å². The van der Waals surface area contributed by atoms with Gasteiger partial charge in [-0.15, -0.1) is 11.8 Å². The molecule has 51 heavy (non-hydrogen) atoms. The number of rotatable bonds is 19. The quantitative estimate of drug-likeness (QED) is 0.0597. The molecular weight excluding hydrogens is 653 g/mol. The van der Waals surface area contributed by atoms with E-state index < -0.39 is 0 Å². The van der Waals surface area contributed by atoms with E-state index in [-0.39, 0.29) is 5.91 Å². The molecule has 0 radical (unpaired) electrons. The summed E-state index contributed by atoms with van der Waals surface area (Å²) in [5, 5.41) is 3.17. The number of carbonyl (C=O) groups is 1. The zero-order valence-corrected chi connectivity index (χ0v) is 31.5. The van der Waals surface area contributed by atoms with Gasteiger partial charge in [-0.1, -0.05) is 57.5 Å². The molecule has 270 valence electrons. The molecule has 5 rings (SSSR count). The van der Waals surface area contributed by atoms with E-state index in [9.17, 15) is 4.79 Å². The molecule has 1 unspecified atom stereocenters. The van der Waals surface area contributed by atoms with Gasteiger partial charge in [-0.05, 0) is 80.3 Å². The molecule has 1 aromatic heterocycles. The summed E-state index contributed by atoms with van der Waals surface area (Å²) in [5.74, 6) is 2.69. The molecule has 1 atom stereocenters. The number of unbranched alkanes of at least 4 members (excludes halogenated alkanes) is 1. The maximum absolute atomic E-state index is 13.7. The molecule has 0 aliphatic carbocycles. The van der Waals surface area contributed by atoms with Crippen LogP contribution in [-0.2, 0) is 28.4 Å². The van der Waals surface area contributed by atoms with Crippen LogP contribution >= 0.6 is 11.8 Å². The number of hydrogen-bond acceptors (Lipinski definition) is 5. The van der Waals surface area contributed by atoms with Crippen LogP contribution in [-0.4, -0.2) is 52.9 Å². The molecule has 0 saturated heterocycles. The van der Waals surface area contributed by atoms with E-state index in [1.807, 2.05) is 24.5 Å². The van der Waals surface area contributed by atoms with Crippen molar-refractivity contribution in [1.29, 1.82) is 0 Å². The van der Waals surface area contributed by atoms with Crippen LogP contribution in [0.2, 0.25) is 0 Å². The number of thioether (sulfide) groups is 1. The smallest absolute Gasteiger partial charge is 0.251 e. The Balaban J connectivity index is 1.33. The Morgan fingerprint density at radius 3 is 2.45 bits per heavy atom. The summed E-state index contributed by atoms with van der Waals surface area (Å²) in [5.41, 5.74) is 5.28. The number of amides is 1. The highest BCUT2D eigenvalue weighted by atomic mass is 32.2. The number of carbonyl (C=O) groups excluding carboxylic acids is 1. The first-order valence-corrected chi connectivity index (χ1v) is 19.7. The highest BCUT2D eigenvalue weighted by molar-refractivity contribution is 7.98. The van der Waals surface area contributed by atoms with Gasteiger partial charge in [-0.2, -0.15) is 0 Å². The highest BCUT2D eigenvalue weighted by Gasteiger charge is 2.34. The highest BCUT2D eigenvalue weighted by Crippen LogP contribution is 2.35. The number of aromatic nitrogens is 2. The fourth-order valence-corrected chi connectivity index (χ4v) is 7.58. The van der Waals surface area contributed by atoms with Crippen molar-refractivity contribution in [3.8, 4) is 5.75 Å². The summed E-state index contributed by atoms with van der Waals surface area (Å²) in [6.07, 6.45) is 14.1. The molecule has 0 fully saturated rings. The van der Waals surface area contributed by atoms with Crippen LogP contribution in [0.5, 0.6) is 5.75 Å². The number of aryl methyl sites for hydroxylation is 1. The molecule has 1 aliphatic heterocycles. The lowest BCUT2D eigenvalue weighted by Gasteiger charge is -2.41. The lowest BCUT2D eigenvalue weighted by atomic mass is 9.98. The molecule has 8 heteroatoms. The van der Waals surface area contributed by atoms with E-state index in [1.54, 1.807) is 11.8 Å². The number of nitrogens with zero attached hydrogens (tertiary/aromatic N) is 3. The topological polar surface area (TPSA) is 65.4 Å². The first-order valence-electron chi connectivity index (χ1n) is 18.7. The summed E-state index contributed by atoms with van der Waals surface area (Å²) in [6.45, 7) is 12.3. The van der Waals surface area contributed by atoms with E-state index in [0.717, 1.165) is 115 Å². The number of benzene rings is 3. The molecule has 3 aromatic carbocycles. The van der Waals surface area contributed by atoms with Gasteiger partial charge in [0.1, 0.15) is 30.4 Å². The third-order valence-electron chi connectivity index (χ3n) is 9.29. The van der Waals surface area contributed by atoms with Gasteiger partial charge in [-0.25, -0.2) is 4.98 Å². The summed E-state index contributed by atoms with van der Waals surface area (Å²) < 4.78 is 14.7. The Morgan fingerprint density at radius 1 is 0.902 bits per heavy atom. The minimum atomic E-state index is -0.0453. The van der Waals surface area contributed by atoms with Gasteiger partial charge in [0.15, 0.2) is 0 Å². The van der Waals surface area contributed by atoms with Crippen LogP contribution in [0.3, 0.4) is 0 Å². The van der Waals surface area contributed by atoms with E-state index in [2.05, 4.69) is 115 Å². The average Bonchev–Trinajstić information content (AvgIpc) is 3.59. The maximum Gasteiger partial charge on any atom is 0.251 e. The normalized spacial score (nSPS) is 16.1. The zero-order chi connectivity index (χ0) is 35.7. The predicted octanol–water partition coefficient (Wildman–Crippen LogP) is 9.91. The molecule has 0 spiro atoms. The standard InChI is InChI=1S/C43H54N4O3S/c1-4-7-30-49-31-32-50-39-20-15-36(16-21-39)41-24-17-37(14-11-29-47(41,28-6-3)33-35-12-9-8-10-13-35)43(48)45-38-18-22-40(23-19-38)51-34-42-44-25-27-46(42)26-5-2/h8-10,12-13,15-25,27H,4-7,11,14,26,28-34H2,1-3H3/p+1. The molecular formula is C43H55N4O3S+. The van der Waals surface area contributed by atoms with E-state index in [1.165, 1.54) is 11.3 Å². The largest absolute Gasteiger partial charge is 0.491 e. The van der Waals surface area contributed by atoms with Gasteiger partial charge in [0, 0.05) is 65.3 Å². The van der Waals surface area contributed by atoms with Crippen LogP contribution in [0.25, 0.3) is 5.70 Å². The first kappa shape index (κ1) is 38.1. The third kappa shape index (κ3) is 11.2. The van der Waals surface area contributed by atoms with Crippen LogP contribution in [0.4, 0.5) is 5.69 Å². The Kier molecular flexibility index (Phi) is 15.0. The predicted molar refractivity (Wildman–Crippen MR) is 211 cm³/mol. The zero-order valence-electron chi connectivity index (χ0n) is 30.7.